The van der Waals surface area contributed by atoms with E-state index in [0.29, 0.717) is 5.56 Å². The molecule has 1 heterocycles. The van der Waals surface area contributed by atoms with Crippen molar-refractivity contribution in [2.75, 3.05) is 0 Å². The zero-order valence-electron chi connectivity index (χ0n) is 14.3. The molecule has 144 valence electrons. The van der Waals surface area contributed by atoms with Gasteiger partial charge in [0.05, 0.1) is 9.82 Å². The van der Waals surface area contributed by atoms with Gasteiger partial charge in [-0.05, 0) is 24.3 Å². The average molecular weight is 403 g/mol. The highest BCUT2D eigenvalue weighted by Crippen LogP contribution is 2.24. The number of hydrogen-bond acceptors (Lipinski definition) is 6. The Morgan fingerprint density at radius 2 is 1.89 bits per heavy atom. The van der Waals surface area contributed by atoms with E-state index in [2.05, 4.69) is 9.71 Å². The maximum Gasteiger partial charge on any atom is 0.270 e. The van der Waals surface area contributed by atoms with E-state index < -0.39 is 20.8 Å². The van der Waals surface area contributed by atoms with Gasteiger partial charge in [0.15, 0.2) is 0 Å². The number of halogens is 1. The largest absolute Gasteiger partial charge is 0.439 e. The van der Waals surface area contributed by atoms with Crippen molar-refractivity contribution < 1.29 is 22.5 Å². The zero-order chi connectivity index (χ0) is 20.1. The van der Waals surface area contributed by atoms with Gasteiger partial charge in [-0.2, -0.15) is 0 Å². The van der Waals surface area contributed by atoms with Crippen LogP contribution in [0, 0.1) is 15.9 Å². The van der Waals surface area contributed by atoms with Crippen molar-refractivity contribution in [3.05, 3.63) is 88.4 Å². The lowest BCUT2D eigenvalue weighted by molar-refractivity contribution is -0.385. The summed E-state index contributed by atoms with van der Waals surface area (Å²) < 4.78 is 46.1. The normalized spacial score (nSPS) is 11.2. The van der Waals surface area contributed by atoms with Crippen LogP contribution in [-0.2, 0) is 16.6 Å². The first-order valence-corrected chi connectivity index (χ1v) is 9.45. The molecule has 8 nitrogen and oxygen atoms in total. The van der Waals surface area contributed by atoms with Gasteiger partial charge >= 0.3 is 0 Å². The zero-order valence-corrected chi connectivity index (χ0v) is 15.1. The Hall–Kier alpha value is -3.37. The molecule has 0 fully saturated rings. The lowest BCUT2D eigenvalue weighted by Crippen LogP contribution is -2.23. The van der Waals surface area contributed by atoms with Gasteiger partial charge in [0.1, 0.15) is 11.6 Å². The van der Waals surface area contributed by atoms with Gasteiger partial charge < -0.3 is 4.74 Å². The average Bonchev–Trinajstić information content (AvgIpc) is 2.67. The summed E-state index contributed by atoms with van der Waals surface area (Å²) >= 11 is 0. The van der Waals surface area contributed by atoms with E-state index in [1.165, 1.54) is 48.7 Å². The number of pyridine rings is 1. The summed E-state index contributed by atoms with van der Waals surface area (Å²) in [5.41, 5.74) is 0.0696. The van der Waals surface area contributed by atoms with Crippen molar-refractivity contribution in [3.63, 3.8) is 0 Å². The summed E-state index contributed by atoms with van der Waals surface area (Å²) in [6.07, 6.45) is 1.45. The van der Waals surface area contributed by atoms with Crippen molar-refractivity contribution >= 4 is 15.7 Å². The monoisotopic (exact) mass is 403 g/mol. The molecule has 0 spiro atoms. The summed E-state index contributed by atoms with van der Waals surface area (Å²) in [4.78, 5) is 14.0. The molecule has 2 aromatic carbocycles. The fraction of sp³-hybridized carbons (Fsp3) is 0.0556. The molecule has 0 atom stereocenters. The number of nitro benzene ring substituents is 1. The molecule has 0 aliphatic heterocycles. The first-order chi connectivity index (χ1) is 13.3. The Morgan fingerprint density at radius 3 is 2.64 bits per heavy atom. The molecule has 1 N–H and O–H groups in total. The molecule has 0 saturated heterocycles. The first kappa shape index (κ1) is 19.4. The van der Waals surface area contributed by atoms with E-state index in [4.69, 9.17) is 4.74 Å². The van der Waals surface area contributed by atoms with Crippen LogP contribution in [0.25, 0.3) is 0 Å². The Bertz CT molecular complexity index is 1120. The first-order valence-electron chi connectivity index (χ1n) is 7.96. The van der Waals surface area contributed by atoms with E-state index in [1.54, 1.807) is 12.1 Å². The van der Waals surface area contributed by atoms with Crippen molar-refractivity contribution in [1.29, 1.82) is 0 Å². The summed E-state index contributed by atoms with van der Waals surface area (Å²) in [6.45, 7) is -0.177. The SMILES string of the molecule is O=[N+]([O-])c1cccc(S(=O)(=O)NCc2cccnc2Oc2cccc(F)c2)c1. The second kappa shape index (κ2) is 8.11. The van der Waals surface area contributed by atoms with E-state index in [9.17, 15) is 22.9 Å². The third-order valence-electron chi connectivity index (χ3n) is 3.65. The molecule has 3 aromatic rings. The molecule has 0 bridgehead atoms. The summed E-state index contributed by atoms with van der Waals surface area (Å²) in [6, 6.07) is 13.3. The summed E-state index contributed by atoms with van der Waals surface area (Å²) in [7, 11) is -4.01. The third-order valence-corrected chi connectivity index (χ3v) is 5.05. The highest BCUT2D eigenvalue weighted by atomic mass is 32.2. The minimum absolute atomic E-state index is 0.106. The Morgan fingerprint density at radius 1 is 1.11 bits per heavy atom. The van der Waals surface area contributed by atoms with Gasteiger partial charge in [-0.1, -0.05) is 18.2 Å². The van der Waals surface area contributed by atoms with Gasteiger partial charge in [-0.25, -0.2) is 22.5 Å². The standard InChI is InChI=1S/C18H14FN3O5S/c19-14-5-1-7-16(10-14)27-18-13(4-3-9-20-18)12-21-28(25,26)17-8-2-6-15(11-17)22(23)24/h1-11,21H,12H2. The van der Waals surface area contributed by atoms with E-state index >= 15 is 0 Å². The van der Waals surface area contributed by atoms with Gasteiger partial charge in [0, 0.05) is 36.5 Å². The molecule has 3 rings (SSSR count). The van der Waals surface area contributed by atoms with Crippen LogP contribution in [0.4, 0.5) is 10.1 Å². The molecular formula is C18H14FN3O5S. The number of nitrogens with zero attached hydrogens (tertiary/aromatic N) is 2. The van der Waals surface area contributed by atoms with Crippen molar-refractivity contribution in [3.8, 4) is 11.6 Å². The molecule has 0 amide bonds. The van der Waals surface area contributed by atoms with Crippen LogP contribution in [-0.4, -0.2) is 18.3 Å². The molecule has 0 radical (unpaired) electrons. The van der Waals surface area contributed by atoms with Gasteiger partial charge in [0.25, 0.3) is 5.69 Å². The highest BCUT2D eigenvalue weighted by Gasteiger charge is 2.18. The Kier molecular flexibility index (Phi) is 5.62. The van der Waals surface area contributed by atoms with Crippen LogP contribution in [0.1, 0.15) is 5.56 Å². The minimum atomic E-state index is -4.01. The van der Waals surface area contributed by atoms with E-state index in [-0.39, 0.29) is 28.8 Å². The number of non-ortho nitro benzene ring substituents is 1. The quantitative estimate of drug-likeness (QED) is 0.478. The minimum Gasteiger partial charge on any atom is -0.439 e. The number of ether oxygens (including phenoxy) is 1. The summed E-state index contributed by atoms with van der Waals surface area (Å²) in [5, 5.41) is 10.8. The molecule has 0 aliphatic rings. The number of rotatable bonds is 7. The van der Waals surface area contributed by atoms with Crippen molar-refractivity contribution in [1.82, 2.24) is 9.71 Å². The number of sulfonamides is 1. The van der Waals surface area contributed by atoms with Crippen LogP contribution in [0.3, 0.4) is 0 Å². The van der Waals surface area contributed by atoms with Gasteiger partial charge in [0.2, 0.25) is 15.9 Å². The molecule has 0 saturated carbocycles. The number of benzene rings is 2. The van der Waals surface area contributed by atoms with Crippen LogP contribution in [0.2, 0.25) is 0 Å². The fourth-order valence-corrected chi connectivity index (χ4v) is 3.36. The van der Waals surface area contributed by atoms with Crippen molar-refractivity contribution in [2.24, 2.45) is 0 Å². The van der Waals surface area contributed by atoms with Crippen LogP contribution in [0.5, 0.6) is 11.6 Å². The number of nitrogens with one attached hydrogen (secondary N) is 1. The van der Waals surface area contributed by atoms with Crippen LogP contribution < -0.4 is 9.46 Å². The lowest BCUT2D eigenvalue weighted by atomic mass is 10.3. The predicted octanol–water partition coefficient (Wildman–Crippen LogP) is 3.40. The molecular weight excluding hydrogens is 389 g/mol. The third kappa shape index (κ3) is 4.67. The van der Waals surface area contributed by atoms with Gasteiger partial charge in [-0.15, -0.1) is 0 Å². The molecule has 28 heavy (non-hydrogen) atoms. The maximum absolute atomic E-state index is 13.3. The van der Waals surface area contributed by atoms with Crippen molar-refractivity contribution in [2.45, 2.75) is 11.4 Å². The van der Waals surface area contributed by atoms with E-state index in [0.717, 1.165) is 6.07 Å². The molecule has 0 unspecified atom stereocenters. The van der Waals surface area contributed by atoms with E-state index in [1.807, 2.05) is 0 Å². The summed E-state index contributed by atoms with van der Waals surface area (Å²) in [5.74, 6) is -0.169. The number of nitro groups is 1. The van der Waals surface area contributed by atoms with Crippen LogP contribution in [0.15, 0.2) is 71.8 Å². The topological polar surface area (TPSA) is 111 Å². The fourth-order valence-electron chi connectivity index (χ4n) is 2.31. The molecule has 10 heteroatoms. The lowest BCUT2D eigenvalue weighted by Gasteiger charge is -2.11. The highest BCUT2D eigenvalue weighted by molar-refractivity contribution is 7.89. The number of hydrogen-bond donors (Lipinski definition) is 1. The Labute approximate surface area is 159 Å². The molecule has 1 aromatic heterocycles. The second-order valence-electron chi connectivity index (χ2n) is 5.61. The van der Waals surface area contributed by atoms with Crippen LogP contribution >= 0.6 is 0 Å². The second-order valence-corrected chi connectivity index (χ2v) is 7.37. The maximum atomic E-state index is 13.3. The smallest absolute Gasteiger partial charge is 0.270 e. The number of aromatic nitrogens is 1. The molecule has 0 aliphatic carbocycles. The predicted molar refractivity (Wildman–Crippen MR) is 97.8 cm³/mol. The van der Waals surface area contributed by atoms with Gasteiger partial charge in [-0.3, -0.25) is 10.1 Å². The Balaban J connectivity index is 1.79.